The summed E-state index contributed by atoms with van der Waals surface area (Å²) in [5, 5.41) is 12.5. The molecule has 104 valence electrons. The number of hydrogen-bond acceptors (Lipinski definition) is 3. The molecule has 2 rings (SSSR count). The molecule has 0 saturated heterocycles. The van der Waals surface area contributed by atoms with Gasteiger partial charge in [-0.05, 0) is 55.3 Å². The van der Waals surface area contributed by atoms with Gasteiger partial charge in [0.15, 0.2) is 5.84 Å². The van der Waals surface area contributed by atoms with Crippen LogP contribution < -0.4 is 10.5 Å². The van der Waals surface area contributed by atoms with Crippen molar-refractivity contribution in [3.8, 4) is 11.5 Å². The van der Waals surface area contributed by atoms with Crippen molar-refractivity contribution in [2.45, 2.75) is 13.8 Å². The first-order valence-electron chi connectivity index (χ1n) is 6.04. The van der Waals surface area contributed by atoms with E-state index in [1.54, 1.807) is 18.2 Å². The number of oxime groups is 1. The van der Waals surface area contributed by atoms with Gasteiger partial charge in [0.2, 0.25) is 0 Å². The van der Waals surface area contributed by atoms with E-state index in [9.17, 15) is 0 Å². The number of benzene rings is 2. The minimum Gasteiger partial charge on any atom is -0.456 e. The maximum atomic E-state index is 8.83. The molecule has 0 radical (unpaired) electrons. The molecular weight excluding hydrogens is 276 g/mol. The van der Waals surface area contributed by atoms with E-state index >= 15 is 0 Å². The van der Waals surface area contributed by atoms with E-state index in [0.29, 0.717) is 22.1 Å². The maximum absolute atomic E-state index is 8.83. The third-order valence-corrected chi connectivity index (χ3v) is 3.11. The maximum Gasteiger partial charge on any atom is 0.173 e. The Bertz CT molecular complexity index is 669. The van der Waals surface area contributed by atoms with Gasteiger partial charge in [-0.2, -0.15) is 0 Å². The molecule has 0 spiro atoms. The Labute approximate surface area is 122 Å². The summed E-state index contributed by atoms with van der Waals surface area (Å²) in [6.07, 6.45) is 0. The Morgan fingerprint density at radius 1 is 1.15 bits per heavy atom. The Kier molecular flexibility index (Phi) is 4.15. The second kappa shape index (κ2) is 5.84. The highest BCUT2D eigenvalue weighted by atomic mass is 35.5. The summed E-state index contributed by atoms with van der Waals surface area (Å²) in [5.41, 5.74) is 8.12. The molecule has 0 aliphatic heterocycles. The lowest BCUT2D eigenvalue weighted by atomic mass is 10.1. The molecule has 2 aromatic rings. The van der Waals surface area contributed by atoms with Gasteiger partial charge in [-0.1, -0.05) is 22.8 Å². The van der Waals surface area contributed by atoms with Crippen LogP contribution in [0.4, 0.5) is 0 Å². The molecule has 0 atom stereocenters. The summed E-state index contributed by atoms with van der Waals surface area (Å²) in [6.45, 7) is 3.85. The molecule has 0 aliphatic rings. The predicted molar refractivity (Wildman–Crippen MR) is 80.0 cm³/mol. The number of nitrogens with two attached hydrogens (primary N) is 1. The predicted octanol–water partition coefficient (Wildman–Crippen LogP) is 3.84. The van der Waals surface area contributed by atoms with Gasteiger partial charge < -0.3 is 15.7 Å². The molecule has 0 saturated carbocycles. The standard InChI is InChI=1S/C15H15ClN2O2/c1-9-3-5-12(15(17)18-19)14(7-9)20-13-6-4-11(16)8-10(13)2/h3-8,19H,1-2H3,(H2,17,18). The van der Waals surface area contributed by atoms with Crippen LogP contribution in [0.5, 0.6) is 11.5 Å². The van der Waals surface area contributed by atoms with Crippen molar-refractivity contribution in [3.63, 3.8) is 0 Å². The van der Waals surface area contributed by atoms with Crippen molar-refractivity contribution in [3.05, 3.63) is 58.1 Å². The number of hydrogen-bond donors (Lipinski definition) is 2. The first kappa shape index (κ1) is 14.2. The van der Waals surface area contributed by atoms with E-state index < -0.39 is 0 Å². The van der Waals surface area contributed by atoms with Gasteiger partial charge in [0.25, 0.3) is 0 Å². The van der Waals surface area contributed by atoms with Crippen LogP contribution in [0.25, 0.3) is 0 Å². The topological polar surface area (TPSA) is 67.8 Å². The number of nitrogens with zero attached hydrogens (tertiary/aromatic N) is 1. The Balaban J connectivity index is 2.44. The van der Waals surface area contributed by atoms with Gasteiger partial charge in [0.1, 0.15) is 11.5 Å². The summed E-state index contributed by atoms with van der Waals surface area (Å²) in [6, 6.07) is 10.8. The minimum atomic E-state index is 0.00613. The lowest BCUT2D eigenvalue weighted by Gasteiger charge is -2.13. The normalized spacial score (nSPS) is 11.4. The molecule has 4 nitrogen and oxygen atoms in total. The summed E-state index contributed by atoms with van der Waals surface area (Å²) in [4.78, 5) is 0. The van der Waals surface area contributed by atoms with Gasteiger partial charge in [-0.25, -0.2) is 0 Å². The third-order valence-electron chi connectivity index (χ3n) is 2.88. The van der Waals surface area contributed by atoms with Gasteiger partial charge in [-0.3, -0.25) is 0 Å². The number of aryl methyl sites for hydroxylation is 2. The number of rotatable bonds is 3. The minimum absolute atomic E-state index is 0.00613. The molecular formula is C15H15ClN2O2. The average Bonchev–Trinajstić information content (AvgIpc) is 2.41. The van der Waals surface area contributed by atoms with Crippen LogP contribution in [0.3, 0.4) is 0 Å². The molecule has 0 aromatic heterocycles. The van der Waals surface area contributed by atoms with Crippen LogP contribution in [0.1, 0.15) is 16.7 Å². The van der Waals surface area contributed by atoms with E-state index in [4.69, 9.17) is 27.3 Å². The molecule has 5 heteroatoms. The number of halogens is 1. The van der Waals surface area contributed by atoms with E-state index in [-0.39, 0.29) is 5.84 Å². The lowest BCUT2D eigenvalue weighted by molar-refractivity contribution is 0.318. The second-order valence-corrected chi connectivity index (χ2v) is 4.93. The quantitative estimate of drug-likeness (QED) is 0.390. The highest BCUT2D eigenvalue weighted by Gasteiger charge is 2.11. The molecule has 0 aliphatic carbocycles. The molecule has 20 heavy (non-hydrogen) atoms. The van der Waals surface area contributed by atoms with Crippen LogP contribution in [0.2, 0.25) is 5.02 Å². The summed E-state index contributed by atoms with van der Waals surface area (Å²) >= 11 is 5.92. The van der Waals surface area contributed by atoms with E-state index in [0.717, 1.165) is 11.1 Å². The third kappa shape index (κ3) is 3.03. The summed E-state index contributed by atoms with van der Waals surface area (Å²) < 4.78 is 5.87. The first-order valence-corrected chi connectivity index (χ1v) is 6.41. The highest BCUT2D eigenvalue weighted by molar-refractivity contribution is 6.30. The summed E-state index contributed by atoms with van der Waals surface area (Å²) in [7, 11) is 0. The number of amidine groups is 1. The average molecular weight is 291 g/mol. The highest BCUT2D eigenvalue weighted by Crippen LogP contribution is 2.30. The fraction of sp³-hybridized carbons (Fsp3) is 0.133. The zero-order valence-corrected chi connectivity index (χ0v) is 12.0. The van der Waals surface area contributed by atoms with Crippen molar-refractivity contribution in [1.29, 1.82) is 0 Å². The zero-order valence-electron chi connectivity index (χ0n) is 11.2. The Hall–Kier alpha value is -2.20. The van der Waals surface area contributed by atoms with Crippen molar-refractivity contribution in [2.24, 2.45) is 10.9 Å². The van der Waals surface area contributed by atoms with Gasteiger partial charge in [0.05, 0.1) is 5.56 Å². The molecule has 0 unspecified atom stereocenters. The van der Waals surface area contributed by atoms with Crippen LogP contribution in [-0.2, 0) is 0 Å². The number of ether oxygens (including phenoxy) is 1. The summed E-state index contributed by atoms with van der Waals surface area (Å²) in [5.74, 6) is 1.21. The van der Waals surface area contributed by atoms with E-state index in [1.165, 1.54) is 0 Å². The van der Waals surface area contributed by atoms with Gasteiger partial charge >= 0.3 is 0 Å². The Morgan fingerprint density at radius 3 is 2.55 bits per heavy atom. The van der Waals surface area contributed by atoms with Crippen LogP contribution in [0.15, 0.2) is 41.6 Å². The first-order chi connectivity index (χ1) is 9.51. The lowest BCUT2D eigenvalue weighted by Crippen LogP contribution is -2.14. The molecule has 0 heterocycles. The van der Waals surface area contributed by atoms with E-state index in [2.05, 4.69) is 5.16 Å². The molecule has 0 fully saturated rings. The van der Waals surface area contributed by atoms with Crippen molar-refractivity contribution in [1.82, 2.24) is 0 Å². The monoisotopic (exact) mass is 290 g/mol. The van der Waals surface area contributed by atoms with Crippen LogP contribution >= 0.6 is 11.6 Å². The van der Waals surface area contributed by atoms with Crippen molar-refractivity contribution >= 4 is 17.4 Å². The van der Waals surface area contributed by atoms with Crippen molar-refractivity contribution < 1.29 is 9.94 Å². The fourth-order valence-corrected chi connectivity index (χ4v) is 2.05. The Morgan fingerprint density at radius 2 is 1.90 bits per heavy atom. The van der Waals surface area contributed by atoms with Crippen LogP contribution in [0, 0.1) is 13.8 Å². The van der Waals surface area contributed by atoms with Crippen LogP contribution in [-0.4, -0.2) is 11.0 Å². The largest absolute Gasteiger partial charge is 0.456 e. The molecule has 0 amide bonds. The van der Waals surface area contributed by atoms with Gasteiger partial charge in [-0.15, -0.1) is 0 Å². The second-order valence-electron chi connectivity index (χ2n) is 4.50. The molecule has 0 bridgehead atoms. The fourth-order valence-electron chi connectivity index (χ4n) is 1.83. The molecule has 2 aromatic carbocycles. The SMILES string of the molecule is Cc1ccc(C(N)=NO)c(Oc2ccc(Cl)cc2C)c1. The van der Waals surface area contributed by atoms with Gasteiger partial charge in [0, 0.05) is 5.02 Å². The smallest absolute Gasteiger partial charge is 0.173 e. The zero-order chi connectivity index (χ0) is 14.7. The van der Waals surface area contributed by atoms with Crippen molar-refractivity contribution in [2.75, 3.05) is 0 Å². The molecule has 3 N–H and O–H groups in total. The van der Waals surface area contributed by atoms with E-state index in [1.807, 2.05) is 32.0 Å².